The summed E-state index contributed by atoms with van der Waals surface area (Å²) >= 11 is 5.97. The molecule has 0 aromatic heterocycles. The van der Waals surface area contributed by atoms with Gasteiger partial charge in [-0.3, -0.25) is 9.10 Å². The van der Waals surface area contributed by atoms with Gasteiger partial charge in [-0.05, 0) is 48.9 Å². The Labute approximate surface area is 179 Å². The fourth-order valence-corrected chi connectivity index (χ4v) is 3.48. The number of nitrogens with one attached hydrogen (secondary N) is 1. The molecule has 0 saturated heterocycles. The van der Waals surface area contributed by atoms with Crippen molar-refractivity contribution in [2.45, 2.75) is 6.92 Å². The van der Waals surface area contributed by atoms with Crippen LogP contribution in [0.2, 0.25) is 5.02 Å². The quantitative estimate of drug-likeness (QED) is 0.442. The summed E-state index contributed by atoms with van der Waals surface area (Å²) in [6.07, 6.45) is 2.31. The van der Waals surface area contributed by atoms with Crippen molar-refractivity contribution >= 4 is 39.4 Å². The maximum Gasteiger partial charge on any atom is 0.260 e. The van der Waals surface area contributed by atoms with Gasteiger partial charge in [0.1, 0.15) is 12.3 Å². The molecule has 162 valence electrons. The second-order valence-electron chi connectivity index (χ2n) is 6.04. The van der Waals surface area contributed by atoms with Crippen molar-refractivity contribution in [3.8, 4) is 17.2 Å². The third kappa shape index (κ3) is 6.26. The Hall–Kier alpha value is -2.98. The number of nitrogens with zero attached hydrogens (tertiary/aromatic N) is 2. The number of carbonyl (C=O) groups excluding carboxylic acids is 1. The molecule has 0 spiro atoms. The van der Waals surface area contributed by atoms with E-state index >= 15 is 0 Å². The zero-order valence-corrected chi connectivity index (χ0v) is 18.2. The normalized spacial score (nSPS) is 11.3. The molecule has 0 unspecified atom stereocenters. The number of hydrogen-bond acceptors (Lipinski definition) is 7. The van der Waals surface area contributed by atoms with Crippen LogP contribution >= 0.6 is 11.6 Å². The first-order valence-electron chi connectivity index (χ1n) is 8.74. The van der Waals surface area contributed by atoms with Crippen LogP contribution in [0.5, 0.6) is 17.2 Å². The molecule has 1 amide bonds. The zero-order valence-electron chi connectivity index (χ0n) is 16.6. The van der Waals surface area contributed by atoms with Gasteiger partial charge in [-0.15, -0.1) is 0 Å². The van der Waals surface area contributed by atoms with Crippen molar-refractivity contribution in [1.82, 2.24) is 5.43 Å². The van der Waals surface area contributed by atoms with Crippen LogP contribution in [0.1, 0.15) is 12.5 Å². The molecule has 0 saturated carbocycles. The van der Waals surface area contributed by atoms with Gasteiger partial charge in [-0.1, -0.05) is 11.6 Å². The first kappa shape index (κ1) is 23.3. The lowest BCUT2D eigenvalue weighted by Gasteiger charge is -2.23. The van der Waals surface area contributed by atoms with Crippen LogP contribution in [0.25, 0.3) is 0 Å². The Morgan fingerprint density at radius 3 is 2.63 bits per heavy atom. The van der Waals surface area contributed by atoms with Crippen LogP contribution in [-0.2, 0) is 14.8 Å². The van der Waals surface area contributed by atoms with Gasteiger partial charge in [-0.25, -0.2) is 13.8 Å². The molecule has 30 heavy (non-hydrogen) atoms. The Morgan fingerprint density at radius 1 is 1.27 bits per heavy atom. The van der Waals surface area contributed by atoms with E-state index < -0.39 is 22.5 Å². The van der Waals surface area contributed by atoms with Gasteiger partial charge in [0.25, 0.3) is 5.91 Å². The second kappa shape index (κ2) is 10.2. The first-order chi connectivity index (χ1) is 14.2. The highest BCUT2D eigenvalue weighted by Crippen LogP contribution is 2.32. The van der Waals surface area contributed by atoms with Crippen LogP contribution in [0.15, 0.2) is 41.5 Å². The molecule has 2 aromatic rings. The summed E-state index contributed by atoms with van der Waals surface area (Å²) in [4.78, 5) is 12.3. The number of sulfonamides is 1. The van der Waals surface area contributed by atoms with Crippen LogP contribution in [-0.4, -0.2) is 52.2 Å². The van der Waals surface area contributed by atoms with Crippen molar-refractivity contribution in [3.63, 3.8) is 0 Å². The van der Waals surface area contributed by atoms with Gasteiger partial charge >= 0.3 is 0 Å². The van der Waals surface area contributed by atoms with Crippen molar-refractivity contribution in [2.75, 3.05) is 30.8 Å². The number of methoxy groups -OCH3 is 1. The number of phenols is 1. The maximum absolute atomic E-state index is 12.3. The Kier molecular flexibility index (Phi) is 7.90. The van der Waals surface area contributed by atoms with Crippen molar-refractivity contribution in [2.24, 2.45) is 5.10 Å². The first-order valence-corrected chi connectivity index (χ1v) is 11.0. The van der Waals surface area contributed by atoms with E-state index in [2.05, 4.69) is 10.5 Å². The number of benzene rings is 2. The van der Waals surface area contributed by atoms with Gasteiger partial charge in [0.2, 0.25) is 10.0 Å². The van der Waals surface area contributed by atoms with Gasteiger partial charge in [0, 0.05) is 5.02 Å². The van der Waals surface area contributed by atoms with E-state index in [0.29, 0.717) is 12.2 Å². The molecular formula is C19H22ClN3O6S. The van der Waals surface area contributed by atoms with Gasteiger partial charge < -0.3 is 14.6 Å². The average Bonchev–Trinajstić information content (AvgIpc) is 2.68. The molecule has 2 aromatic carbocycles. The molecule has 0 aliphatic carbocycles. The van der Waals surface area contributed by atoms with Crippen LogP contribution in [0, 0.1) is 0 Å². The molecule has 11 heteroatoms. The minimum atomic E-state index is -3.82. The van der Waals surface area contributed by atoms with Crippen molar-refractivity contribution in [1.29, 1.82) is 0 Å². The second-order valence-corrected chi connectivity index (χ2v) is 8.38. The van der Waals surface area contributed by atoms with E-state index in [0.717, 1.165) is 10.6 Å². The fourth-order valence-electron chi connectivity index (χ4n) is 2.47. The number of hydrazone groups is 1. The van der Waals surface area contributed by atoms with Gasteiger partial charge in [0.15, 0.2) is 11.5 Å². The largest absolute Gasteiger partial charge is 0.504 e. The number of amides is 1. The molecule has 9 nitrogen and oxygen atoms in total. The summed E-state index contributed by atoms with van der Waals surface area (Å²) in [7, 11) is -2.44. The van der Waals surface area contributed by atoms with Crippen molar-refractivity contribution in [3.05, 3.63) is 47.0 Å². The Morgan fingerprint density at radius 2 is 2.00 bits per heavy atom. The average molecular weight is 456 g/mol. The lowest BCUT2D eigenvalue weighted by atomic mass is 10.2. The monoisotopic (exact) mass is 455 g/mol. The number of halogens is 1. The number of aromatic hydroxyl groups is 1. The lowest BCUT2D eigenvalue weighted by Crippen LogP contribution is -2.39. The molecule has 0 heterocycles. The fraction of sp³-hybridized carbons (Fsp3) is 0.263. The Bertz CT molecular complexity index is 1040. The molecule has 2 N–H and O–H groups in total. The summed E-state index contributed by atoms with van der Waals surface area (Å²) in [5.74, 6) is -0.169. The number of ether oxygens (including phenoxy) is 2. The highest BCUT2D eigenvalue weighted by molar-refractivity contribution is 7.92. The van der Waals surface area contributed by atoms with E-state index in [4.69, 9.17) is 21.1 Å². The van der Waals surface area contributed by atoms with Crippen LogP contribution in [0.4, 0.5) is 5.69 Å². The van der Waals surface area contributed by atoms with E-state index in [9.17, 15) is 18.3 Å². The third-order valence-electron chi connectivity index (χ3n) is 3.78. The number of carbonyl (C=O) groups is 1. The number of phenolic OH excluding ortho intramolecular Hbond substituents is 1. The molecule has 0 bridgehead atoms. The summed E-state index contributed by atoms with van der Waals surface area (Å²) in [6, 6.07) is 9.01. The summed E-state index contributed by atoms with van der Waals surface area (Å²) in [5, 5.41) is 13.8. The Balaban J connectivity index is 2.15. The number of hydrogen-bond donors (Lipinski definition) is 2. The van der Waals surface area contributed by atoms with Gasteiger partial charge in [-0.2, -0.15) is 5.10 Å². The molecule has 0 aliphatic rings. The third-order valence-corrected chi connectivity index (χ3v) is 5.15. The highest BCUT2D eigenvalue weighted by Gasteiger charge is 2.24. The SMILES string of the molecule is CCOc1cc(/C=N\NC(=O)CN(c2cc(Cl)ccc2OC)S(C)(=O)=O)ccc1O. The predicted molar refractivity (Wildman–Crippen MR) is 115 cm³/mol. The highest BCUT2D eigenvalue weighted by atomic mass is 35.5. The summed E-state index contributed by atoms with van der Waals surface area (Å²) in [5.41, 5.74) is 2.96. The standard InChI is InChI=1S/C19H22ClN3O6S/c1-4-29-18-9-13(5-7-16(18)24)11-21-22-19(25)12-23(30(3,26)27)15-10-14(20)6-8-17(15)28-2/h5-11,24H,4,12H2,1-3H3,(H,22,25)/b21-11-. The molecule has 2 rings (SSSR count). The molecule has 0 atom stereocenters. The van der Waals surface area contributed by atoms with E-state index in [1.165, 1.54) is 31.5 Å². The maximum atomic E-state index is 12.3. The predicted octanol–water partition coefficient (Wildman–Crippen LogP) is 2.37. The zero-order chi connectivity index (χ0) is 22.3. The number of anilines is 1. The van der Waals surface area contributed by atoms with Crippen LogP contribution < -0.4 is 19.2 Å². The topological polar surface area (TPSA) is 118 Å². The van der Waals surface area contributed by atoms with E-state index in [1.807, 2.05) is 0 Å². The smallest absolute Gasteiger partial charge is 0.260 e. The minimum absolute atomic E-state index is 0.0164. The van der Waals surface area contributed by atoms with Gasteiger partial charge in [0.05, 0.1) is 31.9 Å². The summed E-state index contributed by atoms with van der Waals surface area (Å²) < 4.78 is 35.8. The lowest BCUT2D eigenvalue weighted by molar-refractivity contribution is -0.119. The summed E-state index contributed by atoms with van der Waals surface area (Å²) in [6.45, 7) is 1.62. The minimum Gasteiger partial charge on any atom is -0.504 e. The van der Waals surface area contributed by atoms with Crippen molar-refractivity contribution < 1.29 is 27.8 Å². The van der Waals surface area contributed by atoms with Crippen LogP contribution in [0.3, 0.4) is 0 Å². The molecule has 0 fully saturated rings. The molecular weight excluding hydrogens is 434 g/mol. The molecule has 0 radical (unpaired) electrons. The molecule has 0 aliphatic heterocycles. The number of rotatable bonds is 9. The van der Waals surface area contributed by atoms with E-state index in [-0.39, 0.29) is 28.0 Å². The van der Waals surface area contributed by atoms with E-state index in [1.54, 1.807) is 25.1 Å².